The summed E-state index contributed by atoms with van der Waals surface area (Å²) in [5.41, 5.74) is 1.39. The lowest BCUT2D eigenvalue weighted by Gasteiger charge is -2.00. The molecule has 4 aromatic heterocycles. The average Bonchev–Trinajstić information content (AvgIpc) is 3.17. The molecule has 0 unspecified atom stereocenters. The fourth-order valence-corrected chi connectivity index (χ4v) is 3.43. The van der Waals surface area contributed by atoms with Gasteiger partial charge in [-0.15, -0.1) is 0 Å². The number of ether oxygens (including phenoxy) is 3. The Morgan fingerprint density at radius 1 is 0.540 bits per heavy atom. The third-order valence-corrected chi connectivity index (χ3v) is 6.04. The Morgan fingerprint density at radius 3 is 1.26 bits per heavy atom. The van der Waals surface area contributed by atoms with Crippen LogP contribution < -0.4 is 0 Å². The number of aliphatic hydroxyl groups excluding tert-OH is 2. The summed E-state index contributed by atoms with van der Waals surface area (Å²) in [6, 6.07) is 18.2. The van der Waals surface area contributed by atoms with Crippen LogP contribution in [0.25, 0.3) is 0 Å². The van der Waals surface area contributed by atoms with Crippen LogP contribution in [0.3, 0.4) is 0 Å². The Morgan fingerprint density at radius 2 is 0.880 bits per heavy atom. The molecule has 0 aliphatic heterocycles. The van der Waals surface area contributed by atoms with Crippen molar-refractivity contribution in [2.75, 3.05) is 27.9 Å². The third kappa shape index (κ3) is 14.4. The first-order valence-electron chi connectivity index (χ1n) is 13.7. The molecule has 4 N–H and O–H groups in total. The van der Waals surface area contributed by atoms with E-state index in [1.165, 1.54) is 63.8 Å². The molecular formula is C32H31BrN4O13. The Hall–Kier alpha value is -5.98. The van der Waals surface area contributed by atoms with E-state index < -0.39 is 42.2 Å². The molecular weight excluding hydrogens is 728 g/mol. The van der Waals surface area contributed by atoms with Crippen LogP contribution in [0.15, 0.2) is 72.8 Å². The molecule has 0 atom stereocenters. The lowest BCUT2D eigenvalue weighted by Crippen LogP contribution is -2.11. The number of Topliss-reactive ketones (excluding diaryl/α,β-unsaturated/α-hetero) is 1. The lowest BCUT2D eigenvalue weighted by molar-refractivity contribution is 0.0584. The van der Waals surface area contributed by atoms with Gasteiger partial charge in [0.15, 0.2) is 0 Å². The van der Waals surface area contributed by atoms with Crippen LogP contribution in [0, 0.1) is 0 Å². The Kier molecular flexibility index (Phi) is 19.0. The van der Waals surface area contributed by atoms with Crippen molar-refractivity contribution in [1.29, 1.82) is 0 Å². The molecule has 50 heavy (non-hydrogen) atoms. The van der Waals surface area contributed by atoms with Crippen molar-refractivity contribution in [3.8, 4) is 0 Å². The number of carboxylic acids is 2. The Bertz CT molecular complexity index is 1670. The maximum absolute atomic E-state index is 11.0. The van der Waals surface area contributed by atoms with E-state index in [1.54, 1.807) is 24.3 Å². The molecule has 4 heterocycles. The van der Waals surface area contributed by atoms with Crippen LogP contribution in [-0.4, -0.2) is 104 Å². The third-order valence-electron chi connectivity index (χ3n) is 5.46. The molecule has 17 nitrogen and oxygen atoms in total. The number of ketones is 1. The van der Waals surface area contributed by atoms with Crippen molar-refractivity contribution in [1.82, 2.24) is 19.9 Å². The number of rotatable bonds is 9. The number of esters is 3. The molecule has 0 radical (unpaired) electrons. The van der Waals surface area contributed by atoms with Gasteiger partial charge in [-0.1, -0.05) is 40.2 Å². The van der Waals surface area contributed by atoms with Gasteiger partial charge in [-0.3, -0.25) is 4.79 Å². The predicted molar refractivity (Wildman–Crippen MR) is 175 cm³/mol. The second kappa shape index (κ2) is 22.6. The summed E-state index contributed by atoms with van der Waals surface area (Å²) in [5, 5.41) is 34.8. The molecule has 4 aromatic rings. The first-order valence-corrected chi connectivity index (χ1v) is 14.9. The summed E-state index contributed by atoms with van der Waals surface area (Å²) in [5.74, 6) is -4.52. The van der Waals surface area contributed by atoms with Crippen molar-refractivity contribution in [3.05, 3.63) is 118 Å². The molecule has 0 amide bonds. The van der Waals surface area contributed by atoms with E-state index >= 15 is 0 Å². The van der Waals surface area contributed by atoms with Gasteiger partial charge in [0.05, 0.1) is 39.3 Å². The topological polar surface area (TPSA) is 263 Å². The van der Waals surface area contributed by atoms with Crippen molar-refractivity contribution in [2.45, 2.75) is 11.9 Å². The number of aromatic carboxylic acids is 2. The number of carbonyl (C=O) groups is 6. The summed E-state index contributed by atoms with van der Waals surface area (Å²) in [6.45, 7) is -0.803. The largest absolute Gasteiger partial charge is 0.477 e. The lowest BCUT2D eigenvalue weighted by atomic mass is 10.2. The Balaban J connectivity index is 0.000000334. The summed E-state index contributed by atoms with van der Waals surface area (Å²) in [7, 11) is 3.85. The molecule has 0 bridgehead atoms. The minimum absolute atomic E-state index is 0.0480. The molecule has 18 heteroatoms. The molecule has 264 valence electrons. The highest BCUT2D eigenvalue weighted by Crippen LogP contribution is 2.05. The summed E-state index contributed by atoms with van der Waals surface area (Å²) >= 11 is 3.25. The number of carbonyl (C=O) groups excluding carboxylic acids is 4. The monoisotopic (exact) mass is 758 g/mol. The fraction of sp³-hybridized carbons (Fsp3) is 0.188. The second-order valence-electron chi connectivity index (χ2n) is 8.80. The number of methoxy groups -OCH3 is 3. The molecule has 0 spiro atoms. The zero-order valence-corrected chi connectivity index (χ0v) is 28.3. The van der Waals surface area contributed by atoms with Gasteiger partial charge in [-0.05, 0) is 48.5 Å². The van der Waals surface area contributed by atoms with Gasteiger partial charge in [0, 0.05) is 5.33 Å². The van der Waals surface area contributed by atoms with Crippen LogP contribution >= 0.6 is 15.9 Å². The predicted octanol–water partition coefficient (Wildman–Crippen LogP) is 2.64. The van der Waals surface area contributed by atoms with Gasteiger partial charge in [0.2, 0.25) is 5.78 Å². The maximum Gasteiger partial charge on any atom is 0.356 e. The number of carboxylic acid groups (broad SMARTS) is 2. The molecule has 0 aromatic carbocycles. The van der Waals surface area contributed by atoms with E-state index in [0.717, 1.165) is 5.69 Å². The number of aromatic nitrogens is 4. The summed E-state index contributed by atoms with van der Waals surface area (Å²) in [6.07, 6.45) is 0. The highest BCUT2D eigenvalue weighted by Gasteiger charge is 2.12. The van der Waals surface area contributed by atoms with Gasteiger partial charge in [0.25, 0.3) is 0 Å². The van der Waals surface area contributed by atoms with Crippen LogP contribution in [0.4, 0.5) is 0 Å². The minimum atomic E-state index is -1.24. The number of halogens is 1. The molecule has 0 fully saturated rings. The quantitative estimate of drug-likeness (QED) is 0.0827. The van der Waals surface area contributed by atoms with Crippen molar-refractivity contribution < 1.29 is 63.4 Å². The number of alkyl halides is 1. The van der Waals surface area contributed by atoms with E-state index in [1.807, 2.05) is 6.07 Å². The van der Waals surface area contributed by atoms with Crippen LogP contribution in [-0.2, 0) is 26.1 Å². The van der Waals surface area contributed by atoms with E-state index in [9.17, 15) is 28.8 Å². The zero-order chi connectivity index (χ0) is 37.6. The standard InChI is InChI=1S/C9H9NO4.C8H8BrNO2.C8H9NO3.C7H5NO4/c1-14-9(13)7-4-2-3-6(10-7)8(12)5-11;1-12-8(11)7-4-2-3-6(5-9)10-7;1-12-8(11)7-4-2-3-6(5-10)9-7;9-6(10)4-2-1-3-5(8-4)7(11)12/h2-4,11H,5H2,1H3;2-4H,5H2,1H3;2-4,10H,5H2,1H3;1-3H,(H,9,10)(H,11,12). The van der Waals surface area contributed by atoms with Crippen LogP contribution in [0.1, 0.15) is 74.3 Å². The molecule has 4 rings (SSSR count). The second-order valence-corrected chi connectivity index (χ2v) is 9.36. The van der Waals surface area contributed by atoms with E-state index in [0.29, 0.717) is 16.7 Å². The van der Waals surface area contributed by atoms with Crippen molar-refractivity contribution >= 4 is 51.6 Å². The molecule has 0 saturated heterocycles. The van der Waals surface area contributed by atoms with E-state index in [2.05, 4.69) is 50.1 Å². The summed E-state index contributed by atoms with van der Waals surface area (Å²) < 4.78 is 13.4. The van der Waals surface area contributed by atoms with Gasteiger partial charge >= 0.3 is 29.8 Å². The fourth-order valence-electron chi connectivity index (χ4n) is 3.12. The van der Waals surface area contributed by atoms with Crippen molar-refractivity contribution in [3.63, 3.8) is 0 Å². The van der Waals surface area contributed by atoms with Gasteiger partial charge < -0.3 is 34.6 Å². The zero-order valence-electron chi connectivity index (χ0n) is 26.7. The first kappa shape index (κ1) is 42.0. The first-order chi connectivity index (χ1) is 23.8. The highest BCUT2D eigenvalue weighted by molar-refractivity contribution is 9.08. The van der Waals surface area contributed by atoms with Gasteiger partial charge in [0.1, 0.15) is 40.8 Å². The van der Waals surface area contributed by atoms with Crippen molar-refractivity contribution in [2.24, 2.45) is 0 Å². The number of hydrogen-bond donors (Lipinski definition) is 4. The number of aliphatic hydroxyl groups is 2. The average molecular weight is 760 g/mol. The smallest absolute Gasteiger partial charge is 0.356 e. The number of pyridine rings is 4. The molecule has 0 saturated carbocycles. The number of hydrogen-bond acceptors (Lipinski definition) is 15. The molecule has 0 aliphatic rings. The maximum atomic E-state index is 11.0. The van der Waals surface area contributed by atoms with Gasteiger partial charge in [-0.2, -0.15) is 0 Å². The highest BCUT2D eigenvalue weighted by atomic mass is 79.9. The van der Waals surface area contributed by atoms with E-state index in [-0.39, 0.29) is 35.1 Å². The van der Waals surface area contributed by atoms with E-state index in [4.69, 9.17) is 20.4 Å². The van der Waals surface area contributed by atoms with Gasteiger partial charge in [-0.25, -0.2) is 43.9 Å². The summed E-state index contributed by atoms with van der Waals surface area (Å²) in [4.78, 5) is 79.5. The molecule has 0 aliphatic carbocycles. The van der Waals surface area contributed by atoms with Crippen LogP contribution in [0.5, 0.6) is 0 Å². The SMILES string of the molecule is COC(=O)c1cccc(C(=O)CO)n1.COC(=O)c1cccc(CBr)n1.COC(=O)c1cccc(CO)n1.O=C(O)c1cccc(C(=O)O)n1. The minimum Gasteiger partial charge on any atom is -0.477 e. The Labute approximate surface area is 292 Å². The van der Waals surface area contributed by atoms with Crippen LogP contribution in [0.2, 0.25) is 0 Å². The number of nitrogens with zero attached hydrogens (tertiary/aromatic N) is 4. The normalized spacial score (nSPS) is 9.48.